The third kappa shape index (κ3) is 8.87. The lowest BCUT2D eigenvalue weighted by molar-refractivity contribution is -0.134. The van der Waals surface area contributed by atoms with Crippen LogP contribution in [0, 0.1) is 6.92 Å². The van der Waals surface area contributed by atoms with Gasteiger partial charge in [-0.25, -0.2) is 0 Å². The van der Waals surface area contributed by atoms with Gasteiger partial charge in [0.25, 0.3) is 11.9 Å². The quantitative estimate of drug-likeness (QED) is 0.601. The molecule has 1 aromatic heterocycles. The van der Waals surface area contributed by atoms with Crippen LogP contribution in [0.5, 0.6) is 5.75 Å². The minimum atomic E-state index is -0.833. The van der Waals surface area contributed by atoms with Crippen molar-refractivity contribution < 1.29 is 19.4 Å². The first-order chi connectivity index (χ1) is 12.8. The molecule has 4 N–H and O–H groups in total. The molecule has 2 aromatic rings. The Morgan fingerprint density at radius 2 is 2.07 bits per heavy atom. The van der Waals surface area contributed by atoms with Crippen molar-refractivity contribution >= 4 is 11.9 Å². The second-order valence-corrected chi connectivity index (χ2v) is 6.02. The Kier molecular flexibility index (Phi) is 9.60. The number of nitrogens with zero attached hydrogens (tertiary/aromatic N) is 2. The lowest BCUT2D eigenvalue weighted by Crippen LogP contribution is -2.24. The van der Waals surface area contributed by atoms with Crippen LogP contribution >= 0.6 is 0 Å². The Labute approximate surface area is 159 Å². The maximum absolute atomic E-state index is 12.2. The summed E-state index contributed by atoms with van der Waals surface area (Å²) in [7, 11) is 1.90. The number of aryl methyl sites for hydroxylation is 3. The highest BCUT2D eigenvalue weighted by molar-refractivity contribution is 5.94. The molecule has 0 atom stereocenters. The fraction of sp³-hybridized carbons (Fsp3) is 0.421. The topological polar surface area (TPSA) is 119 Å². The van der Waals surface area contributed by atoms with Crippen LogP contribution in [0.15, 0.2) is 30.6 Å². The molecule has 0 bridgehead atoms. The highest BCUT2D eigenvalue weighted by Crippen LogP contribution is 2.19. The molecule has 0 aliphatic carbocycles. The molecular formula is C19H28N4O4. The summed E-state index contributed by atoms with van der Waals surface area (Å²) in [5, 5.41) is 14.5. The molecule has 0 radical (unpaired) electrons. The Balaban J connectivity index is 0.000000828. The van der Waals surface area contributed by atoms with Crippen molar-refractivity contribution in [2.75, 3.05) is 19.7 Å². The molecule has 1 heterocycles. The van der Waals surface area contributed by atoms with Gasteiger partial charge in [0.1, 0.15) is 12.4 Å². The standard InChI is InChI=1S/C17H24N4O2.C2H4O2/c1-13-5-6-15(10-16(13)23-9-7-18)17(22)19-8-3-4-14-11-20-21(2)12-14;1-2(3)4/h5-6,10-12H,3-4,7-9,18H2,1-2H3,(H,19,22);1H3,(H,3,4). The van der Waals surface area contributed by atoms with Crippen molar-refractivity contribution in [2.24, 2.45) is 12.8 Å². The molecule has 8 nitrogen and oxygen atoms in total. The Hall–Kier alpha value is -2.87. The molecule has 0 aliphatic rings. The van der Waals surface area contributed by atoms with Gasteiger partial charge in [-0.15, -0.1) is 0 Å². The smallest absolute Gasteiger partial charge is 0.300 e. The number of rotatable bonds is 8. The summed E-state index contributed by atoms with van der Waals surface area (Å²) in [5.41, 5.74) is 8.21. The van der Waals surface area contributed by atoms with E-state index >= 15 is 0 Å². The number of benzene rings is 1. The first-order valence-electron chi connectivity index (χ1n) is 8.72. The van der Waals surface area contributed by atoms with E-state index in [2.05, 4.69) is 10.4 Å². The maximum atomic E-state index is 12.2. The number of carbonyl (C=O) groups is 2. The van der Waals surface area contributed by atoms with E-state index in [1.807, 2.05) is 32.4 Å². The number of amides is 1. The van der Waals surface area contributed by atoms with Crippen LogP contribution in [-0.4, -0.2) is 46.5 Å². The zero-order valence-corrected chi connectivity index (χ0v) is 16.1. The number of hydrogen-bond acceptors (Lipinski definition) is 5. The minimum Gasteiger partial charge on any atom is -0.492 e. The van der Waals surface area contributed by atoms with Gasteiger partial charge < -0.3 is 20.9 Å². The Morgan fingerprint density at radius 3 is 2.67 bits per heavy atom. The molecule has 0 fully saturated rings. The molecule has 1 aromatic carbocycles. The predicted octanol–water partition coefficient (Wildman–Crippen LogP) is 1.52. The number of carbonyl (C=O) groups excluding carboxylic acids is 1. The molecular weight excluding hydrogens is 348 g/mol. The van der Waals surface area contributed by atoms with Gasteiger partial charge in [-0.2, -0.15) is 5.10 Å². The molecule has 0 saturated carbocycles. The summed E-state index contributed by atoms with van der Waals surface area (Å²) in [4.78, 5) is 21.2. The number of aromatic nitrogens is 2. The maximum Gasteiger partial charge on any atom is 0.300 e. The van der Waals surface area contributed by atoms with Gasteiger partial charge in [-0.3, -0.25) is 14.3 Å². The molecule has 0 aliphatic heterocycles. The molecule has 0 unspecified atom stereocenters. The van der Waals surface area contributed by atoms with Gasteiger partial charge in [0.15, 0.2) is 0 Å². The molecule has 2 rings (SSSR count). The van der Waals surface area contributed by atoms with E-state index in [0.29, 0.717) is 31.0 Å². The summed E-state index contributed by atoms with van der Waals surface area (Å²) in [6.07, 6.45) is 5.61. The van der Waals surface area contributed by atoms with Crippen molar-refractivity contribution in [3.05, 3.63) is 47.3 Å². The van der Waals surface area contributed by atoms with E-state index in [1.54, 1.807) is 16.8 Å². The normalized spacial score (nSPS) is 9.93. The van der Waals surface area contributed by atoms with E-state index in [0.717, 1.165) is 25.3 Å². The number of aliphatic carboxylic acids is 1. The molecule has 8 heteroatoms. The fourth-order valence-electron chi connectivity index (χ4n) is 2.26. The predicted molar refractivity (Wildman–Crippen MR) is 103 cm³/mol. The van der Waals surface area contributed by atoms with Crippen molar-refractivity contribution in [1.82, 2.24) is 15.1 Å². The largest absolute Gasteiger partial charge is 0.492 e. The summed E-state index contributed by atoms with van der Waals surface area (Å²) >= 11 is 0. The van der Waals surface area contributed by atoms with Gasteiger partial charge in [-0.05, 0) is 43.0 Å². The molecule has 27 heavy (non-hydrogen) atoms. The number of nitrogens with one attached hydrogen (secondary N) is 1. The lowest BCUT2D eigenvalue weighted by atomic mass is 10.1. The Morgan fingerprint density at radius 1 is 1.37 bits per heavy atom. The van der Waals surface area contributed by atoms with Crippen LogP contribution in [0.25, 0.3) is 0 Å². The number of nitrogens with two attached hydrogens (primary N) is 1. The average Bonchev–Trinajstić information content (AvgIpc) is 3.02. The molecule has 148 valence electrons. The van der Waals surface area contributed by atoms with Crippen LogP contribution in [-0.2, 0) is 18.3 Å². The molecule has 0 spiro atoms. The van der Waals surface area contributed by atoms with Crippen molar-refractivity contribution in [1.29, 1.82) is 0 Å². The first kappa shape index (κ1) is 22.2. The van der Waals surface area contributed by atoms with Crippen LogP contribution in [0.2, 0.25) is 0 Å². The lowest BCUT2D eigenvalue weighted by Gasteiger charge is -2.10. The van der Waals surface area contributed by atoms with Crippen molar-refractivity contribution in [3.63, 3.8) is 0 Å². The van der Waals surface area contributed by atoms with E-state index in [-0.39, 0.29) is 5.91 Å². The van der Waals surface area contributed by atoms with Crippen LogP contribution < -0.4 is 15.8 Å². The van der Waals surface area contributed by atoms with Crippen LogP contribution in [0.4, 0.5) is 0 Å². The van der Waals surface area contributed by atoms with Crippen molar-refractivity contribution in [2.45, 2.75) is 26.7 Å². The van der Waals surface area contributed by atoms with E-state index in [4.69, 9.17) is 20.4 Å². The monoisotopic (exact) mass is 376 g/mol. The van der Waals surface area contributed by atoms with Gasteiger partial charge >= 0.3 is 0 Å². The van der Waals surface area contributed by atoms with Crippen LogP contribution in [0.1, 0.15) is 34.8 Å². The Bertz CT molecular complexity index is 739. The van der Waals surface area contributed by atoms with E-state index in [1.165, 1.54) is 5.56 Å². The summed E-state index contributed by atoms with van der Waals surface area (Å²) < 4.78 is 7.33. The van der Waals surface area contributed by atoms with Gasteiger partial charge in [-0.1, -0.05) is 6.07 Å². The highest BCUT2D eigenvalue weighted by Gasteiger charge is 2.08. The zero-order chi connectivity index (χ0) is 20.2. The number of ether oxygens (including phenoxy) is 1. The number of carboxylic acids is 1. The molecule has 0 saturated heterocycles. The van der Waals surface area contributed by atoms with Gasteiger partial charge in [0, 0.05) is 38.8 Å². The fourth-order valence-corrected chi connectivity index (χ4v) is 2.26. The van der Waals surface area contributed by atoms with Gasteiger partial charge in [0.2, 0.25) is 0 Å². The average molecular weight is 376 g/mol. The summed E-state index contributed by atoms with van der Waals surface area (Å²) in [6, 6.07) is 5.46. The van der Waals surface area contributed by atoms with E-state index in [9.17, 15) is 4.79 Å². The highest BCUT2D eigenvalue weighted by atomic mass is 16.5. The van der Waals surface area contributed by atoms with Crippen molar-refractivity contribution in [3.8, 4) is 5.75 Å². The summed E-state index contributed by atoms with van der Waals surface area (Å²) in [6.45, 7) is 4.54. The third-order valence-electron chi connectivity index (χ3n) is 3.51. The van der Waals surface area contributed by atoms with Crippen LogP contribution in [0.3, 0.4) is 0 Å². The van der Waals surface area contributed by atoms with E-state index < -0.39 is 5.97 Å². The van der Waals surface area contributed by atoms with Gasteiger partial charge in [0.05, 0.1) is 6.20 Å². The minimum absolute atomic E-state index is 0.0891. The SMILES string of the molecule is CC(=O)O.Cc1ccc(C(=O)NCCCc2cnn(C)c2)cc1OCCN. The summed E-state index contributed by atoms with van der Waals surface area (Å²) in [5.74, 6) is -0.216. The number of carboxylic acid groups (broad SMARTS) is 1. The molecule has 1 amide bonds. The second-order valence-electron chi connectivity index (χ2n) is 6.02. The first-order valence-corrected chi connectivity index (χ1v) is 8.72. The second kappa shape index (κ2) is 11.7. The zero-order valence-electron chi connectivity index (χ0n) is 16.1. The third-order valence-corrected chi connectivity index (χ3v) is 3.51. The number of hydrogen-bond donors (Lipinski definition) is 3.